The van der Waals surface area contributed by atoms with Gasteiger partial charge in [-0.3, -0.25) is 0 Å². The third-order valence-electron chi connectivity index (χ3n) is 1.72. The van der Waals surface area contributed by atoms with Gasteiger partial charge in [0.2, 0.25) is 0 Å². The molecule has 1 atom stereocenters. The smallest absolute Gasteiger partial charge is 0.343 e. The van der Waals surface area contributed by atoms with E-state index in [4.69, 9.17) is 6.42 Å². The molecule has 1 aromatic heterocycles. The van der Waals surface area contributed by atoms with Gasteiger partial charge in [0.05, 0.1) is 13.2 Å². The van der Waals surface area contributed by atoms with Crippen LogP contribution in [0.1, 0.15) is 17.3 Å². The van der Waals surface area contributed by atoms with E-state index in [1.807, 2.05) is 0 Å². The van der Waals surface area contributed by atoms with Crippen LogP contribution in [0.5, 0.6) is 0 Å². The van der Waals surface area contributed by atoms with Crippen molar-refractivity contribution >= 4 is 11.8 Å². The summed E-state index contributed by atoms with van der Waals surface area (Å²) in [6.45, 7) is 1.78. The van der Waals surface area contributed by atoms with Crippen LogP contribution in [0.3, 0.4) is 0 Å². The molecular formula is C10H11N3O2. The van der Waals surface area contributed by atoms with E-state index in [0.29, 0.717) is 5.82 Å². The second-order valence-electron chi connectivity index (χ2n) is 2.81. The molecule has 0 aliphatic heterocycles. The fraction of sp³-hybridized carbons (Fsp3) is 0.300. The SMILES string of the molecule is C#CC(C)Nc1ncncc1C(=O)OC. The van der Waals surface area contributed by atoms with E-state index in [9.17, 15) is 4.79 Å². The van der Waals surface area contributed by atoms with Crippen LogP contribution in [-0.4, -0.2) is 29.1 Å². The number of carbonyl (C=O) groups is 1. The van der Waals surface area contributed by atoms with Crippen LogP contribution in [0.2, 0.25) is 0 Å². The van der Waals surface area contributed by atoms with E-state index in [0.717, 1.165) is 0 Å². The third kappa shape index (κ3) is 2.68. The quantitative estimate of drug-likeness (QED) is 0.581. The molecule has 1 N–H and O–H groups in total. The average Bonchev–Trinajstić information content (AvgIpc) is 2.28. The van der Waals surface area contributed by atoms with E-state index >= 15 is 0 Å². The molecule has 0 aliphatic rings. The summed E-state index contributed by atoms with van der Waals surface area (Å²) in [5.41, 5.74) is 0.266. The number of terminal acetylenes is 1. The minimum atomic E-state index is -0.498. The topological polar surface area (TPSA) is 64.1 Å². The molecule has 0 bridgehead atoms. The summed E-state index contributed by atoms with van der Waals surface area (Å²) in [7, 11) is 1.30. The van der Waals surface area contributed by atoms with Crippen molar-refractivity contribution in [3.8, 4) is 12.3 Å². The fourth-order valence-corrected chi connectivity index (χ4v) is 0.951. The van der Waals surface area contributed by atoms with Crippen LogP contribution in [0.25, 0.3) is 0 Å². The van der Waals surface area contributed by atoms with Crippen LogP contribution in [0.15, 0.2) is 12.5 Å². The molecule has 5 heteroatoms. The van der Waals surface area contributed by atoms with Gasteiger partial charge in [0.25, 0.3) is 0 Å². The van der Waals surface area contributed by atoms with Crippen molar-refractivity contribution in [3.63, 3.8) is 0 Å². The molecule has 5 nitrogen and oxygen atoms in total. The van der Waals surface area contributed by atoms with E-state index in [1.54, 1.807) is 6.92 Å². The van der Waals surface area contributed by atoms with Gasteiger partial charge in [0, 0.05) is 6.20 Å². The first kappa shape index (κ1) is 11.0. The standard InChI is InChI=1S/C10H11N3O2/c1-4-7(2)13-9-8(10(14)15-3)5-11-6-12-9/h1,5-7H,2-3H3,(H,11,12,13). The number of hydrogen-bond acceptors (Lipinski definition) is 5. The van der Waals surface area contributed by atoms with Crippen molar-refractivity contribution in [3.05, 3.63) is 18.1 Å². The van der Waals surface area contributed by atoms with Gasteiger partial charge >= 0.3 is 5.97 Å². The van der Waals surface area contributed by atoms with Crippen molar-refractivity contribution in [2.45, 2.75) is 13.0 Å². The van der Waals surface area contributed by atoms with E-state index in [1.165, 1.54) is 19.6 Å². The maximum atomic E-state index is 11.3. The number of rotatable bonds is 3. The first-order valence-electron chi connectivity index (χ1n) is 4.30. The predicted molar refractivity (Wildman–Crippen MR) is 55.3 cm³/mol. The minimum absolute atomic E-state index is 0.219. The van der Waals surface area contributed by atoms with Crippen molar-refractivity contribution in [1.29, 1.82) is 0 Å². The molecule has 0 radical (unpaired) electrons. The van der Waals surface area contributed by atoms with E-state index in [2.05, 4.69) is 25.9 Å². The molecule has 0 aromatic carbocycles. The number of anilines is 1. The lowest BCUT2D eigenvalue weighted by molar-refractivity contribution is 0.0601. The zero-order valence-corrected chi connectivity index (χ0v) is 8.52. The number of aromatic nitrogens is 2. The maximum Gasteiger partial charge on any atom is 0.343 e. The molecule has 0 fully saturated rings. The Balaban J connectivity index is 2.97. The summed E-state index contributed by atoms with van der Waals surface area (Å²) >= 11 is 0. The molecule has 0 saturated carbocycles. The number of carbonyl (C=O) groups excluding carboxylic acids is 1. The van der Waals surface area contributed by atoms with Crippen LogP contribution < -0.4 is 5.32 Å². The van der Waals surface area contributed by atoms with Crippen LogP contribution in [-0.2, 0) is 4.74 Å². The van der Waals surface area contributed by atoms with Gasteiger partial charge in [-0.2, -0.15) is 0 Å². The van der Waals surface area contributed by atoms with Gasteiger partial charge < -0.3 is 10.1 Å². The Labute approximate surface area is 87.9 Å². The second kappa shape index (κ2) is 4.96. The number of esters is 1. The minimum Gasteiger partial charge on any atom is -0.465 e. The third-order valence-corrected chi connectivity index (χ3v) is 1.72. The Morgan fingerprint density at radius 3 is 3.07 bits per heavy atom. The predicted octanol–water partition coefficient (Wildman–Crippen LogP) is 0.697. The maximum absolute atomic E-state index is 11.3. The van der Waals surface area contributed by atoms with Gasteiger partial charge in [0.1, 0.15) is 17.7 Å². The first-order valence-corrected chi connectivity index (χ1v) is 4.30. The summed E-state index contributed by atoms with van der Waals surface area (Å²) in [6.07, 6.45) is 7.92. The molecule has 0 amide bonds. The lowest BCUT2D eigenvalue weighted by Gasteiger charge is -2.10. The molecule has 1 rings (SSSR count). The zero-order valence-electron chi connectivity index (χ0n) is 8.52. The Morgan fingerprint density at radius 1 is 1.73 bits per heavy atom. The van der Waals surface area contributed by atoms with Crippen LogP contribution in [0.4, 0.5) is 5.82 Å². The molecule has 1 unspecified atom stereocenters. The Hall–Kier alpha value is -2.09. The zero-order chi connectivity index (χ0) is 11.3. The van der Waals surface area contributed by atoms with Crippen LogP contribution in [0, 0.1) is 12.3 Å². The molecular weight excluding hydrogens is 194 g/mol. The average molecular weight is 205 g/mol. The number of hydrogen-bond donors (Lipinski definition) is 1. The van der Waals surface area contributed by atoms with Gasteiger partial charge in [-0.1, -0.05) is 5.92 Å². The highest BCUT2D eigenvalue weighted by molar-refractivity contribution is 5.94. The number of nitrogens with zero attached hydrogens (tertiary/aromatic N) is 2. The van der Waals surface area contributed by atoms with Crippen molar-refractivity contribution in [2.24, 2.45) is 0 Å². The summed E-state index contributed by atoms with van der Waals surface area (Å²) in [5.74, 6) is 2.35. The summed E-state index contributed by atoms with van der Waals surface area (Å²) < 4.78 is 4.58. The van der Waals surface area contributed by atoms with Gasteiger partial charge in [-0.05, 0) is 6.92 Å². The Kier molecular flexibility index (Phi) is 3.63. The summed E-state index contributed by atoms with van der Waals surface area (Å²) in [6, 6.07) is -0.219. The molecule has 1 heterocycles. The van der Waals surface area contributed by atoms with Crippen molar-refractivity contribution in [2.75, 3.05) is 12.4 Å². The van der Waals surface area contributed by atoms with E-state index < -0.39 is 5.97 Å². The highest BCUT2D eigenvalue weighted by Crippen LogP contribution is 2.11. The number of ether oxygens (including phenoxy) is 1. The molecule has 78 valence electrons. The van der Waals surface area contributed by atoms with Crippen LogP contribution >= 0.6 is 0 Å². The van der Waals surface area contributed by atoms with Crippen molar-refractivity contribution in [1.82, 2.24) is 9.97 Å². The highest BCUT2D eigenvalue weighted by Gasteiger charge is 2.13. The Bertz CT molecular complexity index is 398. The summed E-state index contributed by atoms with van der Waals surface area (Å²) in [4.78, 5) is 19.0. The highest BCUT2D eigenvalue weighted by atomic mass is 16.5. The lowest BCUT2D eigenvalue weighted by Crippen LogP contribution is -2.17. The first-order chi connectivity index (χ1) is 7.19. The molecule has 1 aromatic rings. The lowest BCUT2D eigenvalue weighted by atomic mass is 10.3. The second-order valence-corrected chi connectivity index (χ2v) is 2.81. The van der Waals surface area contributed by atoms with Crippen molar-refractivity contribution < 1.29 is 9.53 Å². The molecule has 0 aliphatic carbocycles. The number of methoxy groups -OCH3 is 1. The monoisotopic (exact) mass is 205 g/mol. The van der Waals surface area contributed by atoms with Gasteiger partial charge in [-0.25, -0.2) is 14.8 Å². The molecule has 15 heavy (non-hydrogen) atoms. The van der Waals surface area contributed by atoms with Gasteiger partial charge in [0.15, 0.2) is 0 Å². The fourth-order valence-electron chi connectivity index (χ4n) is 0.951. The number of nitrogens with one attached hydrogen (secondary N) is 1. The van der Waals surface area contributed by atoms with E-state index in [-0.39, 0.29) is 11.6 Å². The summed E-state index contributed by atoms with van der Waals surface area (Å²) in [5, 5.41) is 2.89. The Morgan fingerprint density at radius 2 is 2.47 bits per heavy atom. The largest absolute Gasteiger partial charge is 0.465 e. The molecule has 0 spiro atoms. The normalized spacial score (nSPS) is 11.3. The van der Waals surface area contributed by atoms with Gasteiger partial charge in [-0.15, -0.1) is 6.42 Å². The molecule has 0 saturated heterocycles.